The average Bonchev–Trinajstić information content (AvgIpc) is 2.35. The zero-order chi connectivity index (χ0) is 12.6. The van der Waals surface area contributed by atoms with Crippen LogP contribution in [0.2, 0.25) is 0 Å². The van der Waals surface area contributed by atoms with Crippen LogP contribution in [0, 0.1) is 0 Å². The van der Waals surface area contributed by atoms with E-state index in [1.54, 1.807) is 6.29 Å². The third kappa shape index (κ3) is 15.4. The van der Waals surface area contributed by atoms with Gasteiger partial charge in [-0.3, -0.25) is 4.79 Å². The summed E-state index contributed by atoms with van der Waals surface area (Å²) in [7, 11) is 0. The Labute approximate surface area is 108 Å². The van der Waals surface area contributed by atoms with E-state index in [2.05, 4.69) is 6.92 Å². The Morgan fingerprint density at radius 2 is 1.24 bits per heavy atom. The first kappa shape index (κ1) is 16.4. The smallest absolute Gasteiger partial charge is 0.225 e. The van der Waals surface area contributed by atoms with Crippen LogP contribution in [0.5, 0.6) is 0 Å². The van der Waals surface area contributed by atoms with Gasteiger partial charge in [0.1, 0.15) is 0 Å². The Kier molecular flexibility index (Phi) is 14.9. The highest BCUT2D eigenvalue weighted by atomic mass is 16.1. The predicted molar refractivity (Wildman–Crippen MR) is 75.9 cm³/mol. The highest BCUT2D eigenvalue weighted by Gasteiger charge is 1.92. The van der Waals surface area contributed by atoms with Crippen LogP contribution in [0.4, 0.5) is 0 Å². The van der Waals surface area contributed by atoms with E-state index in [9.17, 15) is 4.79 Å². The summed E-state index contributed by atoms with van der Waals surface area (Å²) >= 11 is 0. The van der Waals surface area contributed by atoms with Crippen LogP contribution in [0.15, 0.2) is 12.2 Å². The fraction of sp³-hybridized carbons (Fsp3) is 0.812. The highest BCUT2D eigenvalue weighted by molar-refractivity contribution is 5.65. The lowest BCUT2D eigenvalue weighted by atomic mass is 10.1. The minimum atomic E-state index is 1.03. The second kappa shape index (κ2) is 15.4. The zero-order valence-corrected chi connectivity index (χ0v) is 11.5. The summed E-state index contributed by atoms with van der Waals surface area (Å²) in [6.45, 7) is 2.27. The normalized spacial score (nSPS) is 11.1. The van der Waals surface area contributed by atoms with Crippen molar-refractivity contribution in [2.75, 3.05) is 0 Å². The molecule has 0 aromatic rings. The third-order valence-electron chi connectivity index (χ3n) is 3.16. The molecule has 1 nitrogen and oxygen atoms in total. The fourth-order valence-electron chi connectivity index (χ4n) is 2.06. The Balaban J connectivity index is 2.93. The molecule has 0 aromatic heterocycles. The molecule has 0 bridgehead atoms. The minimum absolute atomic E-state index is 1.03. The topological polar surface area (TPSA) is 17.1 Å². The SMILES string of the molecule is CCCCCCCCCCCCC/C=C/[C]=O. The third-order valence-corrected chi connectivity index (χ3v) is 3.16. The fourth-order valence-corrected chi connectivity index (χ4v) is 2.06. The largest absolute Gasteiger partial charge is 0.286 e. The van der Waals surface area contributed by atoms with Crippen LogP contribution in [-0.4, -0.2) is 6.29 Å². The molecule has 0 N–H and O–H groups in total. The number of hydrogen-bond donors (Lipinski definition) is 0. The Hall–Kier alpha value is -0.590. The standard InChI is InChI=1S/C16H29O/c1-2-3-4-5-6-7-8-9-10-11-12-13-14-15-16-17/h14-15H,2-13H2,1H3/b15-14+. The van der Waals surface area contributed by atoms with E-state index < -0.39 is 0 Å². The van der Waals surface area contributed by atoms with Gasteiger partial charge in [0.05, 0.1) is 0 Å². The monoisotopic (exact) mass is 237 g/mol. The summed E-state index contributed by atoms with van der Waals surface area (Å²) in [4.78, 5) is 9.89. The van der Waals surface area contributed by atoms with Crippen molar-refractivity contribution in [3.05, 3.63) is 12.2 Å². The molecule has 0 saturated heterocycles. The number of allylic oxidation sites excluding steroid dienone is 2. The molecule has 0 unspecified atom stereocenters. The van der Waals surface area contributed by atoms with E-state index in [0.717, 1.165) is 6.42 Å². The molecule has 0 fully saturated rings. The van der Waals surface area contributed by atoms with Crippen LogP contribution in [0.1, 0.15) is 84.0 Å². The maximum Gasteiger partial charge on any atom is 0.225 e. The second-order valence-electron chi connectivity index (χ2n) is 4.84. The molecule has 0 saturated carbocycles. The summed E-state index contributed by atoms with van der Waals surface area (Å²) < 4.78 is 0. The van der Waals surface area contributed by atoms with Gasteiger partial charge in [0.15, 0.2) is 0 Å². The second-order valence-corrected chi connectivity index (χ2v) is 4.84. The van der Waals surface area contributed by atoms with Gasteiger partial charge in [0.25, 0.3) is 0 Å². The first-order valence-electron chi connectivity index (χ1n) is 7.44. The van der Waals surface area contributed by atoms with Gasteiger partial charge in [-0.1, -0.05) is 77.2 Å². The molecule has 0 amide bonds. The lowest BCUT2D eigenvalue weighted by molar-refractivity contribution is 0.550. The highest BCUT2D eigenvalue weighted by Crippen LogP contribution is 2.11. The van der Waals surface area contributed by atoms with Gasteiger partial charge in [-0.2, -0.15) is 0 Å². The van der Waals surface area contributed by atoms with Crippen molar-refractivity contribution < 1.29 is 4.79 Å². The van der Waals surface area contributed by atoms with E-state index in [1.807, 2.05) is 6.08 Å². The van der Waals surface area contributed by atoms with Gasteiger partial charge in [-0.05, 0) is 18.9 Å². The molecule has 0 aliphatic carbocycles. The maximum atomic E-state index is 9.89. The van der Waals surface area contributed by atoms with Crippen molar-refractivity contribution in [1.82, 2.24) is 0 Å². The number of hydrogen-bond acceptors (Lipinski definition) is 1. The number of unbranched alkanes of at least 4 members (excludes halogenated alkanes) is 11. The van der Waals surface area contributed by atoms with Crippen LogP contribution >= 0.6 is 0 Å². The van der Waals surface area contributed by atoms with E-state index in [1.165, 1.54) is 76.7 Å². The lowest BCUT2D eigenvalue weighted by Crippen LogP contribution is -1.82. The van der Waals surface area contributed by atoms with Crippen LogP contribution in [0.3, 0.4) is 0 Å². The van der Waals surface area contributed by atoms with Gasteiger partial charge in [0.2, 0.25) is 6.29 Å². The van der Waals surface area contributed by atoms with Crippen LogP contribution < -0.4 is 0 Å². The first-order valence-corrected chi connectivity index (χ1v) is 7.44. The summed E-state index contributed by atoms with van der Waals surface area (Å²) in [6, 6.07) is 0. The van der Waals surface area contributed by atoms with Crippen molar-refractivity contribution in [3.63, 3.8) is 0 Å². The van der Waals surface area contributed by atoms with E-state index >= 15 is 0 Å². The molecule has 1 radical (unpaired) electrons. The summed E-state index contributed by atoms with van der Waals surface area (Å²) in [5.74, 6) is 0. The molecule has 0 rings (SSSR count). The Morgan fingerprint density at radius 3 is 1.71 bits per heavy atom. The number of carbonyl (C=O) groups excluding carboxylic acids is 1. The van der Waals surface area contributed by atoms with Gasteiger partial charge >= 0.3 is 0 Å². The van der Waals surface area contributed by atoms with Gasteiger partial charge in [-0.25, -0.2) is 0 Å². The van der Waals surface area contributed by atoms with Gasteiger partial charge in [0, 0.05) is 0 Å². The summed E-state index contributed by atoms with van der Waals surface area (Å²) in [5.41, 5.74) is 0. The zero-order valence-electron chi connectivity index (χ0n) is 11.5. The van der Waals surface area contributed by atoms with E-state index in [-0.39, 0.29) is 0 Å². The quantitative estimate of drug-likeness (QED) is 0.311. The average molecular weight is 237 g/mol. The van der Waals surface area contributed by atoms with Crippen molar-refractivity contribution in [2.24, 2.45) is 0 Å². The molecule has 99 valence electrons. The van der Waals surface area contributed by atoms with Crippen LogP contribution in [0.25, 0.3) is 0 Å². The van der Waals surface area contributed by atoms with E-state index in [4.69, 9.17) is 0 Å². The van der Waals surface area contributed by atoms with Gasteiger partial charge < -0.3 is 0 Å². The van der Waals surface area contributed by atoms with Crippen LogP contribution in [-0.2, 0) is 4.79 Å². The summed E-state index contributed by atoms with van der Waals surface area (Å²) in [5, 5.41) is 0. The lowest BCUT2D eigenvalue weighted by Gasteiger charge is -2.01. The Bertz CT molecular complexity index is 172. The Morgan fingerprint density at radius 1 is 0.765 bits per heavy atom. The molecule has 1 heteroatoms. The van der Waals surface area contributed by atoms with E-state index in [0.29, 0.717) is 0 Å². The summed E-state index contributed by atoms with van der Waals surface area (Å²) in [6.07, 6.45) is 21.3. The van der Waals surface area contributed by atoms with Gasteiger partial charge in [-0.15, -0.1) is 0 Å². The van der Waals surface area contributed by atoms with Crippen molar-refractivity contribution in [2.45, 2.75) is 84.0 Å². The molecule has 0 aliphatic heterocycles. The molecule has 17 heavy (non-hydrogen) atoms. The van der Waals surface area contributed by atoms with Crippen molar-refractivity contribution >= 4 is 6.29 Å². The molecule has 0 spiro atoms. The van der Waals surface area contributed by atoms with Crippen molar-refractivity contribution in [3.8, 4) is 0 Å². The first-order chi connectivity index (χ1) is 8.41. The molecule has 0 aliphatic rings. The molecular formula is C16H29O. The maximum absolute atomic E-state index is 9.89. The minimum Gasteiger partial charge on any atom is -0.286 e. The molecule has 0 aromatic carbocycles. The predicted octanol–water partition coefficient (Wildman–Crippen LogP) is 5.35. The molecular weight excluding hydrogens is 208 g/mol. The molecule has 0 atom stereocenters. The van der Waals surface area contributed by atoms with Crippen molar-refractivity contribution in [1.29, 1.82) is 0 Å². The molecule has 0 heterocycles. The number of rotatable bonds is 13.